The van der Waals surface area contributed by atoms with Crippen molar-refractivity contribution in [3.63, 3.8) is 0 Å². The molecule has 1 nitrogen and oxygen atoms in total. The van der Waals surface area contributed by atoms with Crippen LogP contribution in [0.4, 0.5) is 0 Å². The summed E-state index contributed by atoms with van der Waals surface area (Å²) < 4.78 is 5.38. The van der Waals surface area contributed by atoms with Crippen molar-refractivity contribution < 1.29 is 4.74 Å². The minimum atomic E-state index is 0.243. The zero-order valence-corrected chi connectivity index (χ0v) is 17.5. The first-order valence-corrected chi connectivity index (χ1v) is 10.2. The van der Waals surface area contributed by atoms with Crippen LogP contribution >= 0.6 is 0 Å². The van der Waals surface area contributed by atoms with E-state index in [1.54, 1.807) is 7.11 Å². The van der Waals surface area contributed by atoms with Gasteiger partial charge >= 0.3 is 0 Å². The quantitative estimate of drug-likeness (QED) is 0.542. The SMILES string of the molecule is C=C(C)C1=C(C)C=C2C/C(=C\c3ccccc3)C(=C)C2C1c1ccc(OC)cc1. The molecule has 1 fully saturated rings. The van der Waals surface area contributed by atoms with Gasteiger partial charge in [0, 0.05) is 11.8 Å². The Balaban J connectivity index is 1.80. The van der Waals surface area contributed by atoms with Crippen molar-refractivity contribution in [2.75, 3.05) is 7.11 Å². The molecule has 29 heavy (non-hydrogen) atoms. The molecule has 0 radical (unpaired) electrons. The van der Waals surface area contributed by atoms with Gasteiger partial charge in [0.15, 0.2) is 0 Å². The molecule has 0 amide bonds. The average molecular weight is 381 g/mol. The van der Waals surface area contributed by atoms with E-state index in [2.05, 4.69) is 93.8 Å². The number of rotatable bonds is 4. The van der Waals surface area contributed by atoms with Gasteiger partial charge in [-0.05, 0) is 65.8 Å². The van der Waals surface area contributed by atoms with Crippen LogP contribution < -0.4 is 4.74 Å². The third-order valence-electron chi connectivity index (χ3n) is 6.13. The molecule has 0 aliphatic heterocycles. The predicted octanol–water partition coefficient (Wildman–Crippen LogP) is 7.27. The highest BCUT2D eigenvalue weighted by Gasteiger charge is 2.40. The molecule has 2 aromatic rings. The van der Waals surface area contributed by atoms with Crippen molar-refractivity contribution in [1.82, 2.24) is 0 Å². The van der Waals surface area contributed by atoms with Crippen LogP contribution in [-0.4, -0.2) is 7.11 Å². The van der Waals surface area contributed by atoms with Gasteiger partial charge < -0.3 is 4.74 Å². The van der Waals surface area contributed by atoms with Gasteiger partial charge in [0.25, 0.3) is 0 Å². The number of hydrogen-bond donors (Lipinski definition) is 0. The summed E-state index contributed by atoms with van der Waals surface area (Å²) in [5.74, 6) is 1.41. The molecule has 2 unspecified atom stereocenters. The van der Waals surface area contributed by atoms with Gasteiger partial charge in [0.05, 0.1) is 7.11 Å². The molecule has 2 aliphatic carbocycles. The minimum absolute atomic E-state index is 0.243. The lowest BCUT2D eigenvalue weighted by molar-refractivity contribution is 0.414. The summed E-state index contributed by atoms with van der Waals surface area (Å²) in [4.78, 5) is 0. The van der Waals surface area contributed by atoms with Gasteiger partial charge in [-0.1, -0.05) is 78.9 Å². The summed E-state index contributed by atoms with van der Waals surface area (Å²) in [5, 5.41) is 0. The first-order chi connectivity index (χ1) is 14.0. The number of methoxy groups -OCH3 is 1. The van der Waals surface area contributed by atoms with E-state index in [9.17, 15) is 0 Å². The zero-order chi connectivity index (χ0) is 20.5. The van der Waals surface area contributed by atoms with Crippen LogP contribution in [0.25, 0.3) is 6.08 Å². The molecule has 0 N–H and O–H groups in total. The van der Waals surface area contributed by atoms with Gasteiger partial charge in [-0.15, -0.1) is 0 Å². The van der Waals surface area contributed by atoms with Crippen LogP contribution in [0.1, 0.15) is 37.3 Å². The maximum absolute atomic E-state index is 5.38. The van der Waals surface area contributed by atoms with Gasteiger partial charge in [-0.25, -0.2) is 0 Å². The standard InChI is InChI=1S/C28H28O/c1-18(2)26-19(3)15-24-17-23(16-21-9-7-6-8-10-21)20(4)27(24)28(26)22-11-13-25(29-5)14-12-22/h6-16,27-28H,1,4,17H2,2-3,5H3/b23-16+. The molecule has 2 aromatic carbocycles. The van der Waals surface area contributed by atoms with Crippen molar-refractivity contribution in [3.05, 3.63) is 118 Å². The van der Waals surface area contributed by atoms with Crippen LogP contribution in [0.5, 0.6) is 5.75 Å². The Morgan fingerprint density at radius 1 is 1.03 bits per heavy atom. The van der Waals surface area contributed by atoms with Crippen molar-refractivity contribution in [2.45, 2.75) is 26.2 Å². The zero-order valence-electron chi connectivity index (χ0n) is 17.5. The normalized spacial score (nSPS) is 22.5. The van der Waals surface area contributed by atoms with Crippen molar-refractivity contribution >= 4 is 6.08 Å². The first-order valence-electron chi connectivity index (χ1n) is 10.2. The number of hydrogen-bond acceptors (Lipinski definition) is 1. The molecule has 0 bridgehead atoms. The predicted molar refractivity (Wildman–Crippen MR) is 123 cm³/mol. The van der Waals surface area contributed by atoms with Crippen molar-refractivity contribution in [3.8, 4) is 5.75 Å². The Bertz CT molecular complexity index is 1050. The molecule has 2 atom stereocenters. The number of benzene rings is 2. The summed E-state index contributed by atoms with van der Waals surface area (Å²) in [6.07, 6.45) is 5.62. The van der Waals surface area contributed by atoms with E-state index in [1.807, 2.05) is 0 Å². The van der Waals surface area contributed by atoms with E-state index in [0.717, 1.165) is 17.7 Å². The molecular weight excluding hydrogens is 352 g/mol. The fourth-order valence-electron chi connectivity index (χ4n) is 4.86. The van der Waals surface area contributed by atoms with Crippen LogP contribution in [0.2, 0.25) is 0 Å². The summed E-state index contributed by atoms with van der Waals surface area (Å²) in [6, 6.07) is 19.0. The van der Waals surface area contributed by atoms with E-state index in [4.69, 9.17) is 4.74 Å². The average Bonchev–Trinajstić information content (AvgIpc) is 3.02. The largest absolute Gasteiger partial charge is 0.497 e. The van der Waals surface area contributed by atoms with E-state index in [-0.39, 0.29) is 11.8 Å². The molecule has 1 saturated carbocycles. The van der Waals surface area contributed by atoms with E-state index >= 15 is 0 Å². The van der Waals surface area contributed by atoms with E-state index in [0.29, 0.717) is 0 Å². The second kappa shape index (κ2) is 7.75. The third-order valence-corrected chi connectivity index (χ3v) is 6.13. The Labute approximate surface area is 174 Å². The van der Waals surface area contributed by atoms with Crippen LogP contribution in [-0.2, 0) is 0 Å². The van der Waals surface area contributed by atoms with Gasteiger partial charge in [-0.3, -0.25) is 0 Å². The molecule has 0 heterocycles. The Morgan fingerprint density at radius 2 is 1.72 bits per heavy atom. The Kier molecular flexibility index (Phi) is 5.15. The molecule has 4 rings (SSSR count). The Hall–Kier alpha value is -3.06. The smallest absolute Gasteiger partial charge is 0.118 e. The highest BCUT2D eigenvalue weighted by molar-refractivity contribution is 5.67. The minimum Gasteiger partial charge on any atom is -0.497 e. The highest BCUT2D eigenvalue weighted by atomic mass is 16.5. The number of fused-ring (bicyclic) bond motifs is 1. The van der Waals surface area contributed by atoms with E-state index in [1.165, 1.54) is 39.0 Å². The lowest BCUT2D eigenvalue weighted by atomic mass is 9.70. The molecule has 0 saturated heterocycles. The summed E-state index contributed by atoms with van der Waals surface area (Å²) in [5.41, 5.74) is 10.3. The van der Waals surface area contributed by atoms with Gasteiger partial charge in [0.2, 0.25) is 0 Å². The van der Waals surface area contributed by atoms with Crippen molar-refractivity contribution in [2.24, 2.45) is 5.92 Å². The topological polar surface area (TPSA) is 9.23 Å². The highest BCUT2D eigenvalue weighted by Crippen LogP contribution is 2.54. The maximum atomic E-state index is 5.38. The molecule has 146 valence electrons. The van der Waals surface area contributed by atoms with Crippen LogP contribution in [0.3, 0.4) is 0 Å². The fraction of sp³-hybridized carbons (Fsp3) is 0.214. The van der Waals surface area contributed by atoms with E-state index < -0.39 is 0 Å². The summed E-state index contributed by atoms with van der Waals surface area (Å²) in [6.45, 7) is 13.2. The second-order valence-electron chi connectivity index (χ2n) is 8.11. The second-order valence-corrected chi connectivity index (χ2v) is 8.11. The monoisotopic (exact) mass is 380 g/mol. The molecule has 0 aromatic heterocycles. The number of allylic oxidation sites excluding steroid dienone is 7. The fourth-order valence-corrected chi connectivity index (χ4v) is 4.86. The maximum Gasteiger partial charge on any atom is 0.118 e. The molecule has 2 aliphatic rings. The lowest BCUT2D eigenvalue weighted by Crippen LogP contribution is -2.20. The van der Waals surface area contributed by atoms with Gasteiger partial charge in [0.1, 0.15) is 5.75 Å². The summed E-state index contributed by atoms with van der Waals surface area (Å²) >= 11 is 0. The van der Waals surface area contributed by atoms with Gasteiger partial charge in [-0.2, -0.15) is 0 Å². The molecule has 1 heteroatoms. The van der Waals surface area contributed by atoms with Crippen LogP contribution in [0, 0.1) is 5.92 Å². The third kappa shape index (κ3) is 3.53. The summed E-state index contributed by atoms with van der Waals surface area (Å²) in [7, 11) is 1.71. The van der Waals surface area contributed by atoms with Crippen LogP contribution in [0.15, 0.2) is 107 Å². The molecular formula is C28H28O. The Morgan fingerprint density at radius 3 is 2.34 bits per heavy atom. The number of ether oxygens (including phenoxy) is 1. The van der Waals surface area contributed by atoms with Crippen molar-refractivity contribution in [1.29, 1.82) is 0 Å². The first kappa shape index (κ1) is 19.3. The lowest BCUT2D eigenvalue weighted by Gasteiger charge is -2.34. The molecule has 0 spiro atoms.